The van der Waals surface area contributed by atoms with Crippen LogP contribution in [0.3, 0.4) is 0 Å². The normalized spacial score (nSPS) is 20.4. The Morgan fingerprint density at radius 1 is 1.28 bits per heavy atom. The Bertz CT molecular complexity index is 667. The molecule has 1 atom stereocenters. The summed E-state index contributed by atoms with van der Waals surface area (Å²) in [5, 5.41) is 3.37. The SMILES string of the molecule is CN=C(NCc1ccc(N2CCOCC2)c(F)c1)N1CCC(COCCOC)C1. The summed E-state index contributed by atoms with van der Waals surface area (Å²) >= 11 is 0. The molecule has 2 aliphatic heterocycles. The summed E-state index contributed by atoms with van der Waals surface area (Å²) < 4.78 is 30.6. The number of aliphatic imine (C=N–C) groups is 1. The lowest BCUT2D eigenvalue weighted by atomic mass is 10.1. The van der Waals surface area contributed by atoms with Crippen LogP contribution in [0.2, 0.25) is 0 Å². The van der Waals surface area contributed by atoms with Gasteiger partial charge in [0.25, 0.3) is 0 Å². The number of morpholine rings is 1. The van der Waals surface area contributed by atoms with E-state index in [0.29, 0.717) is 44.6 Å². The fourth-order valence-electron chi connectivity index (χ4n) is 3.79. The number of nitrogens with one attached hydrogen (secondary N) is 1. The van der Waals surface area contributed by atoms with Crippen molar-refractivity contribution in [3.8, 4) is 0 Å². The van der Waals surface area contributed by atoms with Gasteiger partial charge in [0.2, 0.25) is 0 Å². The van der Waals surface area contributed by atoms with Gasteiger partial charge in [-0.15, -0.1) is 0 Å². The third kappa shape index (κ3) is 6.29. The average Bonchev–Trinajstić information content (AvgIpc) is 3.21. The molecule has 0 amide bonds. The second kappa shape index (κ2) is 11.3. The summed E-state index contributed by atoms with van der Waals surface area (Å²) in [7, 11) is 3.46. The second-order valence-electron chi connectivity index (χ2n) is 7.45. The molecule has 0 bridgehead atoms. The molecule has 0 spiro atoms. The minimum atomic E-state index is -0.185. The summed E-state index contributed by atoms with van der Waals surface area (Å²) in [6.07, 6.45) is 1.08. The van der Waals surface area contributed by atoms with E-state index in [9.17, 15) is 4.39 Å². The lowest BCUT2D eigenvalue weighted by Crippen LogP contribution is -2.40. The number of hydrogen-bond acceptors (Lipinski definition) is 5. The molecule has 2 heterocycles. The van der Waals surface area contributed by atoms with Crippen molar-refractivity contribution in [2.75, 3.05) is 78.3 Å². The smallest absolute Gasteiger partial charge is 0.193 e. The summed E-state index contributed by atoms with van der Waals surface area (Å²) in [6, 6.07) is 5.45. The van der Waals surface area contributed by atoms with E-state index in [1.54, 1.807) is 20.2 Å². The molecule has 1 aromatic carbocycles. The predicted octanol–water partition coefficient (Wildman–Crippen LogP) is 1.72. The van der Waals surface area contributed by atoms with Crippen molar-refractivity contribution in [1.29, 1.82) is 0 Å². The molecule has 3 rings (SSSR count). The van der Waals surface area contributed by atoms with Gasteiger partial charge in [0.1, 0.15) is 5.82 Å². The lowest BCUT2D eigenvalue weighted by molar-refractivity contribution is 0.0536. The molecule has 1 N–H and O–H groups in total. The molecule has 2 saturated heterocycles. The Morgan fingerprint density at radius 2 is 2.10 bits per heavy atom. The minimum absolute atomic E-state index is 0.185. The van der Waals surface area contributed by atoms with Crippen molar-refractivity contribution in [1.82, 2.24) is 10.2 Å². The number of anilines is 1. The van der Waals surface area contributed by atoms with Crippen LogP contribution in [0, 0.1) is 11.7 Å². The zero-order valence-electron chi connectivity index (χ0n) is 17.5. The highest BCUT2D eigenvalue weighted by Gasteiger charge is 2.25. The van der Waals surface area contributed by atoms with E-state index < -0.39 is 0 Å². The quantitative estimate of drug-likeness (QED) is 0.402. The Balaban J connectivity index is 1.47. The van der Waals surface area contributed by atoms with E-state index in [1.165, 1.54) is 0 Å². The van der Waals surface area contributed by atoms with Crippen molar-refractivity contribution in [2.24, 2.45) is 10.9 Å². The summed E-state index contributed by atoms with van der Waals surface area (Å²) in [6.45, 7) is 7.15. The van der Waals surface area contributed by atoms with E-state index in [0.717, 1.165) is 50.7 Å². The number of likely N-dealkylation sites (tertiary alicyclic amines) is 1. The van der Waals surface area contributed by atoms with Crippen LogP contribution in [-0.2, 0) is 20.8 Å². The van der Waals surface area contributed by atoms with Gasteiger partial charge in [-0.25, -0.2) is 4.39 Å². The number of halogens is 1. The van der Waals surface area contributed by atoms with Gasteiger partial charge >= 0.3 is 0 Å². The highest BCUT2D eigenvalue weighted by molar-refractivity contribution is 5.80. The van der Waals surface area contributed by atoms with Crippen molar-refractivity contribution < 1.29 is 18.6 Å². The van der Waals surface area contributed by atoms with Gasteiger partial charge in [0.15, 0.2) is 5.96 Å². The molecule has 1 unspecified atom stereocenters. The van der Waals surface area contributed by atoms with E-state index in [1.807, 2.05) is 17.0 Å². The Hall–Kier alpha value is -1.90. The van der Waals surface area contributed by atoms with Crippen LogP contribution >= 0.6 is 0 Å². The van der Waals surface area contributed by atoms with Gasteiger partial charge in [0, 0.05) is 52.8 Å². The van der Waals surface area contributed by atoms with E-state index in [4.69, 9.17) is 14.2 Å². The zero-order valence-corrected chi connectivity index (χ0v) is 17.5. The summed E-state index contributed by atoms with van der Waals surface area (Å²) in [5.74, 6) is 1.16. The number of rotatable bonds is 8. The minimum Gasteiger partial charge on any atom is -0.382 e. The average molecular weight is 409 g/mol. The first-order valence-electron chi connectivity index (χ1n) is 10.3. The fourth-order valence-corrected chi connectivity index (χ4v) is 3.79. The molecule has 162 valence electrons. The van der Waals surface area contributed by atoms with Gasteiger partial charge in [-0.2, -0.15) is 0 Å². The highest BCUT2D eigenvalue weighted by Crippen LogP contribution is 2.22. The van der Waals surface area contributed by atoms with Crippen LogP contribution < -0.4 is 10.2 Å². The van der Waals surface area contributed by atoms with E-state index >= 15 is 0 Å². The van der Waals surface area contributed by atoms with Crippen LogP contribution in [-0.4, -0.2) is 84.2 Å². The number of benzene rings is 1. The fraction of sp³-hybridized carbons (Fsp3) is 0.667. The third-order valence-corrected chi connectivity index (χ3v) is 5.40. The molecule has 2 aliphatic rings. The highest BCUT2D eigenvalue weighted by atomic mass is 19.1. The third-order valence-electron chi connectivity index (χ3n) is 5.40. The molecule has 0 aromatic heterocycles. The van der Waals surface area contributed by atoms with Gasteiger partial charge in [-0.05, 0) is 24.1 Å². The van der Waals surface area contributed by atoms with Crippen LogP contribution in [0.25, 0.3) is 0 Å². The van der Waals surface area contributed by atoms with Crippen molar-refractivity contribution in [3.63, 3.8) is 0 Å². The Labute approximate surface area is 172 Å². The number of methoxy groups -OCH3 is 1. The number of ether oxygens (including phenoxy) is 3. The second-order valence-corrected chi connectivity index (χ2v) is 7.45. The van der Waals surface area contributed by atoms with Crippen LogP contribution in [0.15, 0.2) is 23.2 Å². The Morgan fingerprint density at radius 3 is 2.83 bits per heavy atom. The van der Waals surface area contributed by atoms with Gasteiger partial charge in [-0.3, -0.25) is 4.99 Å². The zero-order chi connectivity index (χ0) is 20.5. The molecule has 0 aliphatic carbocycles. The number of hydrogen-bond donors (Lipinski definition) is 1. The number of nitrogens with zero attached hydrogens (tertiary/aromatic N) is 3. The molecular weight excluding hydrogens is 375 g/mol. The largest absolute Gasteiger partial charge is 0.382 e. The first kappa shape index (κ1) is 21.8. The van der Waals surface area contributed by atoms with Gasteiger partial charge in [0.05, 0.1) is 38.7 Å². The maximum absolute atomic E-state index is 14.6. The van der Waals surface area contributed by atoms with Crippen LogP contribution in [0.5, 0.6) is 0 Å². The van der Waals surface area contributed by atoms with Crippen LogP contribution in [0.1, 0.15) is 12.0 Å². The van der Waals surface area contributed by atoms with Gasteiger partial charge < -0.3 is 29.3 Å². The first-order chi connectivity index (χ1) is 14.2. The van der Waals surface area contributed by atoms with Gasteiger partial charge in [-0.1, -0.05) is 6.07 Å². The predicted molar refractivity (Wildman–Crippen MR) is 112 cm³/mol. The first-order valence-corrected chi connectivity index (χ1v) is 10.3. The van der Waals surface area contributed by atoms with E-state index in [-0.39, 0.29) is 5.82 Å². The molecular formula is C21H33FN4O3. The summed E-state index contributed by atoms with van der Waals surface area (Å²) in [4.78, 5) is 8.67. The standard InChI is InChI=1S/C21H33FN4O3/c1-23-21(26-6-5-18(15-26)16-29-12-11-27-2)24-14-17-3-4-20(19(22)13-17)25-7-9-28-10-8-25/h3-4,13,18H,5-12,14-16H2,1-2H3,(H,23,24). The monoisotopic (exact) mass is 408 g/mol. The molecule has 0 radical (unpaired) electrons. The maximum atomic E-state index is 14.6. The molecule has 8 heteroatoms. The molecule has 1 aromatic rings. The van der Waals surface area contributed by atoms with Crippen molar-refractivity contribution in [2.45, 2.75) is 13.0 Å². The molecule has 7 nitrogen and oxygen atoms in total. The Kier molecular flexibility index (Phi) is 8.52. The topological polar surface area (TPSA) is 58.6 Å². The lowest BCUT2D eigenvalue weighted by Gasteiger charge is -2.29. The van der Waals surface area contributed by atoms with E-state index in [2.05, 4.69) is 15.2 Å². The number of guanidine groups is 1. The van der Waals surface area contributed by atoms with Crippen LogP contribution in [0.4, 0.5) is 10.1 Å². The van der Waals surface area contributed by atoms with Crippen molar-refractivity contribution in [3.05, 3.63) is 29.6 Å². The van der Waals surface area contributed by atoms with Crippen molar-refractivity contribution >= 4 is 11.6 Å². The maximum Gasteiger partial charge on any atom is 0.193 e. The summed E-state index contributed by atoms with van der Waals surface area (Å²) in [5.41, 5.74) is 1.55. The molecule has 0 saturated carbocycles. The molecule has 2 fully saturated rings. The molecule has 29 heavy (non-hydrogen) atoms.